The number of benzene rings is 2. The molecule has 3 N–H and O–H groups in total. The van der Waals surface area contributed by atoms with Gasteiger partial charge in [-0.25, -0.2) is 0 Å². The molecule has 0 bridgehead atoms. The van der Waals surface area contributed by atoms with E-state index < -0.39 is 4.92 Å². The van der Waals surface area contributed by atoms with Crippen molar-refractivity contribution in [3.63, 3.8) is 0 Å². The molecule has 1 aliphatic rings. The van der Waals surface area contributed by atoms with Crippen molar-refractivity contribution in [2.24, 2.45) is 5.73 Å². The Morgan fingerprint density at radius 2 is 1.55 bits per heavy atom. The van der Waals surface area contributed by atoms with Crippen LogP contribution in [0.15, 0.2) is 60.7 Å². The van der Waals surface area contributed by atoms with Gasteiger partial charge in [-0.1, -0.05) is 36.4 Å². The Kier molecular flexibility index (Phi) is 16.9. The molecule has 2 aromatic rings. The molecule has 1 fully saturated rings. The van der Waals surface area contributed by atoms with Gasteiger partial charge in [-0.3, -0.25) is 15.0 Å². The molecule has 8 nitrogen and oxygen atoms in total. The lowest BCUT2D eigenvalue weighted by atomic mass is 10.3. The van der Waals surface area contributed by atoms with Crippen molar-refractivity contribution in [2.75, 3.05) is 53.6 Å². The molecule has 162 valence electrons. The van der Waals surface area contributed by atoms with Crippen molar-refractivity contribution < 1.29 is 19.5 Å². The van der Waals surface area contributed by atoms with Gasteiger partial charge in [0.2, 0.25) is 0 Å². The first-order valence-corrected chi connectivity index (χ1v) is 9.45. The normalized spacial score (nSPS) is 12.7. The number of nitrogens with two attached hydrogens (primary N) is 1. The van der Waals surface area contributed by atoms with Crippen LogP contribution in [-0.2, 0) is 4.74 Å². The van der Waals surface area contributed by atoms with E-state index in [-0.39, 0.29) is 0 Å². The summed E-state index contributed by atoms with van der Waals surface area (Å²) in [6.45, 7) is 5.77. The lowest BCUT2D eigenvalue weighted by molar-refractivity contribution is -0.445. The van der Waals surface area contributed by atoms with Gasteiger partial charge in [0.15, 0.2) is 7.05 Å². The van der Waals surface area contributed by atoms with Crippen LogP contribution in [0, 0.1) is 10.1 Å². The van der Waals surface area contributed by atoms with Crippen LogP contribution in [0.1, 0.15) is 6.42 Å². The number of phenols is 1. The van der Waals surface area contributed by atoms with E-state index in [1.165, 1.54) is 7.05 Å². The second-order valence-corrected chi connectivity index (χ2v) is 5.74. The van der Waals surface area contributed by atoms with Crippen LogP contribution in [-0.4, -0.2) is 68.5 Å². The summed E-state index contributed by atoms with van der Waals surface area (Å²) in [6.07, 6.45) is 1.08. The molecule has 0 atom stereocenters. The van der Waals surface area contributed by atoms with Crippen LogP contribution >= 0.6 is 0 Å². The second-order valence-electron chi connectivity index (χ2n) is 5.74. The summed E-state index contributed by atoms with van der Waals surface area (Å²) in [5.74, 6) is 1.28. The van der Waals surface area contributed by atoms with Crippen LogP contribution in [0.4, 0.5) is 0 Å². The third-order valence-corrected chi connectivity index (χ3v) is 3.49. The highest BCUT2D eigenvalue weighted by atomic mass is 16.6. The average molecular weight is 408 g/mol. The van der Waals surface area contributed by atoms with Crippen molar-refractivity contribution in [2.45, 2.75) is 6.42 Å². The van der Waals surface area contributed by atoms with E-state index in [0.717, 1.165) is 58.7 Å². The monoisotopic (exact) mass is 407 g/mol. The van der Waals surface area contributed by atoms with E-state index >= 15 is 0 Å². The van der Waals surface area contributed by atoms with Crippen LogP contribution in [0.5, 0.6) is 11.5 Å². The van der Waals surface area contributed by atoms with Gasteiger partial charge in [-0.15, -0.1) is 0 Å². The number of para-hydroxylation sites is 2. The van der Waals surface area contributed by atoms with Crippen molar-refractivity contribution in [1.29, 1.82) is 0 Å². The van der Waals surface area contributed by atoms with E-state index in [1.54, 1.807) is 24.3 Å². The molecule has 0 unspecified atom stereocenters. The highest BCUT2D eigenvalue weighted by molar-refractivity contribution is 5.20. The Hall–Kier alpha value is -2.68. The van der Waals surface area contributed by atoms with E-state index in [2.05, 4.69) is 10.6 Å². The van der Waals surface area contributed by atoms with E-state index in [4.69, 9.17) is 24.7 Å². The topological polar surface area (TPSA) is 111 Å². The standard InChI is InChI=1S/C13H19NO2.C6H6O.CH3NO2.CH5N/c1-2-5-13(6-3-1)16-10-4-7-14-8-11-15-12-9-14;7-6-4-2-1-3-5-6;1-2(3)4;1-2/h1-3,5-6H,4,7-12H2;1-5,7H;1H3;2H2,1H3. The number of ether oxygens (including phenoxy) is 2. The predicted octanol–water partition coefficient (Wildman–Crippen LogP) is 2.65. The summed E-state index contributed by atoms with van der Waals surface area (Å²) in [5, 5.41) is 17.4. The fourth-order valence-electron chi connectivity index (χ4n) is 2.25. The molecular weight excluding hydrogens is 374 g/mol. The summed E-state index contributed by atoms with van der Waals surface area (Å²) < 4.78 is 10.9. The lowest BCUT2D eigenvalue weighted by Crippen LogP contribution is -2.37. The minimum absolute atomic E-state index is 0.322. The molecule has 1 heterocycles. The SMILES string of the molecule is CN.C[N+](=O)[O-].Oc1ccccc1.c1ccc(OCCCN2CCOCC2)cc1. The van der Waals surface area contributed by atoms with Gasteiger partial charge in [0.25, 0.3) is 0 Å². The molecular formula is C21H33N3O5. The zero-order chi connectivity index (χ0) is 21.7. The van der Waals surface area contributed by atoms with Crippen molar-refractivity contribution in [3.8, 4) is 11.5 Å². The second kappa shape index (κ2) is 18.7. The van der Waals surface area contributed by atoms with E-state index in [1.807, 2.05) is 36.4 Å². The summed E-state index contributed by atoms with van der Waals surface area (Å²) >= 11 is 0. The summed E-state index contributed by atoms with van der Waals surface area (Å²) in [6, 6.07) is 18.7. The number of rotatable bonds is 5. The molecule has 29 heavy (non-hydrogen) atoms. The molecule has 0 spiro atoms. The number of hydrogen-bond donors (Lipinski definition) is 2. The maximum atomic E-state index is 8.81. The van der Waals surface area contributed by atoms with Crippen molar-refractivity contribution in [1.82, 2.24) is 4.90 Å². The fraction of sp³-hybridized carbons (Fsp3) is 0.429. The van der Waals surface area contributed by atoms with Crippen LogP contribution in [0.3, 0.4) is 0 Å². The highest BCUT2D eigenvalue weighted by Gasteiger charge is 2.09. The van der Waals surface area contributed by atoms with Gasteiger partial charge in [-0.05, 0) is 37.7 Å². The van der Waals surface area contributed by atoms with Gasteiger partial charge >= 0.3 is 0 Å². The molecule has 0 radical (unpaired) electrons. The Morgan fingerprint density at radius 3 is 2.00 bits per heavy atom. The first-order valence-electron chi connectivity index (χ1n) is 9.45. The molecule has 3 rings (SSSR count). The number of morpholine rings is 1. The molecule has 0 aliphatic carbocycles. The first kappa shape index (κ1) is 26.3. The molecule has 1 saturated heterocycles. The van der Waals surface area contributed by atoms with Crippen LogP contribution in [0.25, 0.3) is 0 Å². The highest BCUT2D eigenvalue weighted by Crippen LogP contribution is 2.08. The van der Waals surface area contributed by atoms with Crippen LogP contribution < -0.4 is 10.5 Å². The van der Waals surface area contributed by atoms with Gasteiger partial charge in [0.1, 0.15) is 11.5 Å². The van der Waals surface area contributed by atoms with E-state index in [9.17, 15) is 0 Å². The third kappa shape index (κ3) is 17.2. The quantitative estimate of drug-likeness (QED) is 0.445. The molecule has 1 aliphatic heterocycles. The maximum Gasteiger partial charge on any atom is 0.194 e. The molecule has 0 amide bonds. The summed E-state index contributed by atoms with van der Waals surface area (Å²) in [5.41, 5.74) is 4.50. The maximum absolute atomic E-state index is 8.81. The zero-order valence-corrected chi connectivity index (χ0v) is 17.3. The number of aromatic hydroxyl groups is 1. The van der Waals surface area contributed by atoms with Gasteiger partial charge in [0.05, 0.1) is 19.8 Å². The van der Waals surface area contributed by atoms with E-state index in [0.29, 0.717) is 5.75 Å². The van der Waals surface area contributed by atoms with Crippen molar-refractivity contribution in [3.05, 3.63) is 70.8 Å². The number of phenolic OH excluding ortho intramolecular Hbond substituents is 1. The lowest BCUT2D eigenvalue weighted by Gasteiger charge is -2.26. The zero-order valence-electron chi connectivity index (χ0n) is 17.3. The van der Waals surface area contributed by atoms with Gasteiger partial charge in [-0.2, -0.15) is 0 Å². The predicted molar refractivity (Wildman–Crippen MR) is 115 cm³/mol. The van der Waals surface area contributed by atoms with Gasteiger partial charge < -0.3 is 20.3 Å². The number of hydrogen-bond acceptors (Lipinski definition) is 7. The Morgan fingerprint density at radius 1 is 1.07 bits per heavy atom. The molecule has 2 aromatic carbocycles. The smallest absolute Gasteiger partial charge is 0.194 e. The third-order valence-electron chi connectivity index (χ3n) is 3.49. The number of nitro groups is 1. The summed E-state index contributed by atoms with van der Waals surface area (Å²) in [7, 11) is 2.39. The minimum atomic E-state index is -0.500. The van der Waals surface area contributed by atoms with Crippen molar-refractivity contribution >= 4 is 0 Å². The largest absolute Gasteiger partial charge is 0.508 e. The Bertz CT molecular complexity index is 604. The van der Waals surface area contributed by atoms with Gasteiger partial charge in [0, 0.05) is 24.6 Å². The molecule has 8 heteroatoms. The number of nitrogens with zero attached hydrogens (tertiary/aromatic N) is 2. The first-order chi connectivity index (χ1) is 14.1. The average Bonchev–Trinajstić information content (AvgIpc) is 2.75. The molecule has 0 aromatic heterocycles. The Labute approximate surface area is 173 Å². The van der Waals surface area contributed by atoms with Crippen LogP contribution in [0.2, 0.25) is 0 Å². The molecule has 0 saturated carbocycles. The summed E-state index contributed by atoms with van der Waals surface area (Å²) in [4.78, 5) is 10.7. The fourth-order valence-corrected chi connectivity index (χ4v) is 2.25. The minimum Gasteiger partial charge on any atom is -0.508 e. The Balaban J connectivity index is 0.000000499.